The summed E-state index contributed by atoms with van der Waals surface area (Å²) in [7, 11) is 0. The predicted molar refractivity (Wildman–Crippen MR) is 73.0 cm³/mol. The number of carbonyl (C=O) groups excluding carboxylic acids is 1. The van der Waals surface area contributed by atoms with Crippen LogP contribution in [0.15, 0.2) is 29.3 Å². The van der Waals surface area contributed by atoms with Crippen molar-refractivity contribution in [1.29, 1.82) is 0 Å². The van der Waals surface area contributed by atoms with Gasteiger partial charge in [-0.15, -0.1) is 11.6 Å². The van der Waals surface area contributed by atoms with E-state index in [4.69, 9.17) is 22.4 Å². The first-order chi connectivity index (χ1) is 9.02. The van der Waals surface area contributed by atoms with Crippen molar-refractivity contribution in [2.45, 2.75) is 6.42 Å². The Balaban J connectivity index is 2.60. The number of rotatable bonds is 6. The van der Waals surface area contributed by atoms with Crippen LogP contribution in [0, 0.1) is 0 Å². The highest BCUT2D eigenvalue weighted by molar-refractivity contribution is 6.28. The van der Waals surface area contributed by atoms with Crippen LogP contribution in [0.1, 0.15) is 16.8 Å². The fourth-order valence-corrected chi connectivity index (χ4v) is 1.33. The van der Waals surface area contributed by atoms with Gasteiger partial charge in [0.05, 0.1) is 18.0 Å². The van der Waals surface area contributed by atoms with Gasteiger partial charge < -0.3 is 16.2 Å². The fraction of sp³-hybridized carbons (Fsp3) is 0.250. The third kappa shape index (κ3) is 5.39. The Kier molecular flexibility index (Phi) is 5.81. The normalized spacial score (nSPS) is 11.1. The summed E-state index contributed by atoms with van der Waals surface area (Å²) in [5, 5.41) is 11.0. The number of alkyl halides is 1. The van der Waals surface area contributed by atoms with E-state index in [1.165, 1.54) is 0 Å². The summed E-state index contributed by atoms with van der Waals surface area (Å²) in [6, 6.07) is 6.42. The first kappa shape index (κ1) is 15.0. The third-order valence-corrected chi connectivity index (χ3v) is 2.44. The Morgan fingerprint density at radius 1 is 1.32 bits per heavy atom. The number of halogens is 1. The number of nitrogens with one attached hydrogen (secondary N) is 1. The van der Waals surface area contributed by atoms with Crippen LogP contribution in [0.2, 0.25) is 0 Å². The van der Waals surface area contributed by atoms with Crippen LogP contribution in [0.25, 0.3) is 0 Å². The van der Waals surface area contributed by atoms with E-state index in [0.717, 1.165) is 0 Å². The van der Waals surface area contributed by atoms with Crippen LogP contribution in [0.4, 0.5) is 5.69 Å². The number of nitrogens with zero attached hydrogens (tertiary/aromatic N) is 1. The molecule has 0 radical (unpaired) electrons. The highest BCUT2D eigenvalue weighted by Crippen LogP contribution is 2.13. The van der Waals surface area contributed by atoms with Gasteiger partial charge in [-0.3, -0.25) is 9.59 Å². The smallest absolute Gasteiger partial charge is 0.305 e. The molecule has 0 unspecified atom stereocenters. The average molecular weight is 284 g/mol. The van der Waals surface area contributed by atoms with Gasteiger partial charge in [-0.05, 0) is 24.3 Å². The van der Waals surface area contributed by atoms with Crippen LogP contribution >= 0.6 is 11.6 Å². The second-order valence-corrected chi connectivity index (χ2v) is 3.95. The minimum atomic E-state index is -0.957. The molecule has 1 aromatic carbocycles. The molecule has 0 aliphatic rings. The highest BCUT2D eigenvalue weighted by atomic mass is 35.5. The molecule has 4 N–H and O–H groups in total. The van der Waals surface area contributed by atoms with Gasteiger partial charge in [0.25, 0.3) is 5.91 Å². The van der Waals surface area contributed by atoms with E-state index in [9.17, 15) is 9.59 Å². The molecule has 6 nitrogen and oxygen atoms in total. The molecule has 0 heterocycles. The largest absolute Gasteiger partial charge is 0.481 e. The number of amides is 1. The van der Waals surface area contributed by atoms with Crippen LogP contribution in [0.5, 0.6) is 0 Å². The quantitative estimate of drug-likeness (QED) is 0.413. The maximum absolute atomic E-state index is 11.6. The molecule has 0 aliphatic carbocycles. The number of carboxylic acids is 1. The van der Waals surface area contributed by atoms with Crippen molar-refractivity contribution in [3.05, 3.63) is 29.8 Å². The van der Waals surface area contributed by atoms with E-state index in [1.807, 2.05) is 0 Å². The first-order valence-electron chi connectivity index (χ1n) is 5.52. The first-order valence-corrected chi connectivity index (χ1v) is 6.05. The lowest BCUT2D eigenvalue weighted by Gasteiger charge is -2.04. The molecule has 0 saturated carbocycles. The zero-order valence-corrected chi connectivity index (χ0v) is 10.9. The van der Waals surface area contributed by atoms with Gasteiger partial charge >= 0.3 is 5.97 Å². The van der Waals surface area contributed by atoms with Gasteiger partial charge in [0.1, 0.15) is 5.84 Å². The topological polar surface area (TPSA) is 105 Å². The summed E-state index contributed by atoms with van der Waals surface area (Å²) in [6.07, 6.45) is -0.111. The van der Waals surface area contributed by atoms with Gasteiger partial charge in [-0.2, -0.15) is 0 Å². The predicted octanol–water partition coefficient (Wildman–Crippen LogP) is 1.12. The molecule has 0 atom stereocenters. The zero-order valence-electron chi connectivity index (χ0n) is 10.1. The SMILES string of the molecule is NC(CCl)=Nc1ccc(C(=O)NCCC(=O)O)cc1. The number of amidine groups is 1. The molecule has 102 valence electrons. The van der Waals surface area contributed by atoms with E-state index < -0.39 is 5.97 Å². The number of nitrogens with two attached hydrogens (primary N) is 1. The van der Waals surface area contributed by atoms with Crippen LogP contribution in [-0.2, 0) is 4.79 Å². The van der Waals surface area contributed by atoms with Crippen molar-refractivity contribution in [1.82, 2.24) is 5.32 Å². The van der Waals surface area contributed by atoms with Crippen molar-refractivity contribution in [2.75, 3.05) is 12.4 Å². The second kappa shape index (κ2) is 7.38. The Morgan fingerprint density at radius 2 is 1.95 bits per heavy atom. The van der Waals surface area contributed by atoms with Crippen molar-refractivity contribution in [3.63, 3.8) is 0 Å². The summed E-state index contributed by atoms with van der Waals surface area (Å²) in [5.74, 6) is -0.860. The Morgan fingerprint density at radius 3 is 2.47 bits per heavy atom. The molecule has 0 aliphatic heterocycles. The maximum Gasteiger partial charge on any atom is 0.305 e. The zero-order chi connectivity index (χ0) is 14.3. The minimum absolute atomic E-state index is 0.0905. The van der Waals surface area contributed by atoms with Crippen molar-refractivity contribution < 1.29 is 14.7 Å². The van der Waals surface area contributed by atoms with Crippen molar-refractivity contribution in [2.24, 2.45) is 10.7 Å². The summed E-state index contributed by atoms with van der Waals surface area (Å²) in [4.78, 5) is 26.0. The standard InChI is InChI=1S/C12H14ClN3O3/c13-7-10(14)16-9-3-1-8(2-4-9)12(19)15-6-5-11(17)18/h1-4H,5-7H2,(H2,14,16)(H,15,19)(H,17,18). The Bertz CT molecular complexity index is 485. The number of hydrogen-bond donors (Lipinski definition) is 3. The molecule has 0 saturated heterocycles. The molecule has 19 heavy (non-hydrogen) atoms. The number of aliphatic carboxylic acids is 1. The van der Waals surface area contributed by atoms with Crippen LogP contribution in [-0.4, -0.2) is 35.2 Å². The lowest BCUT2D eigenvalue weighted by Crippen LogP contribution is -2.25. The molecule has 0 bridgehead atoms. The van der Waals surface area contributed by atoms with E-state index >= 15 is 0 Å². The number of hydrogen-bond acceptors (Lipinski definition) is 3. The summed E-state index contributed by atoms with van der Waals surface area (Å²) >= 11 is 5.50. The van der Waals surface area contributed by atoms with E-state index in [1.54, 1.807) is 24.3 Å². The summed E-state index contributed by atoms with van der Waals surface area (Å²) < 4.78 is 0. The molecule has 7 heteroatoms. The third-order valence-electron chi connectivity index (χ3n) is 2.16. The highest BCUT2D eigenvalue weighted by Gasteiger charge is 2.05. The van der Waals surface area contributed by atoms with Crippen molar-refractivity contribution >= 4 is 35.0 Å². The molecule has 1 aromatic rings. The number of carbonyl (C=O) groups is 2. The minimum Gasteiger partial charge on any atom is -0.481 e. The molecule has 1 amide bonds. The molecule has 1 rings (SSSR count). The molecular formula is C12H14ClN3O3. The molecule has 0 spiro atoms. The van der Waals surface area contributed by atoms with E-state index in [0.29, 0.717) is 17.1 Å². The van der Waals surface area contributed by atoms with Gasteiger partial charge in [-0.1, -0.05) is 0 Å². The van der Waals surface area contributed by atoms with Gasteiger partial charge in [-0.25, -0.2) is 4.99 Å². The molecule has 0 aromatic heterocycles. The Hall–Kier alpha value is -2.08. The molecule has 0 fully saturated rings. The van der Waals surface area contributed by atoms with Crippen LogP contribution < -0.4 is 11.1 Å². The lowest BCUT2D eigenvalue weighted by molar-refractivity contribution is -0.136. The second-order valence-electron chi connectivity index (χ2n) is 3.68. The molecular weight excluding hydrogens is 270 g/mol. The van der Waals surface area contributed by atoms with E-state index in [2.05, 4.69) is 10.3 Å². The Labute approximate surface area is 115 Å². The van der Waals surface area contributed by atoms with Gasteiger partial charge in [0, 0.05) is 12.1 Å². The lowest BCUT2D eigenvalue weighted by atomic mass is 10.2. The number of carboxylic acid groups (broad SMARTS) is 1. The maximum atomic E-state index is 11.6. The van der Waals surface area contributed by atoms with Gasteiger partial charge in [0.2, 0.25) is 0 Å². The van der Waals surface area contributed by atoms with Gasteiger partial charge in [0.15, 0.2) is 0 Å². The fourth-order valence-electron chi connectivity index (χ4n) is 1.27. The monoisotopic (exact) mass is 283 g/mol. The summed E-state index contributed by atoms with van der Waals surface area (Å²) in [5.41, 5.74) is 6.50. The summed E-state index contributed by atoms with van der Waals surface area (Å²) in [6.45, 7) is 0.0905. The van der Waals surface area contributed by atoms with Crippen molar-refractivity contribution in [3.8, 4) is 0 Å². The van der Waals surface area contributed by atoms with Crippen LogP contribution in [0.3, 0.4) is 0 Å². The number of benzene rings is 1. The average Bonchev–Trinajstić information content (AvgIpc) is 2.38. The number of aliphatic imine (C=N–C) groups is 1. The van der Waals surface area contributed by atoms with E-state index in [-0.39, 0.29) is 24.8 Å².